The zero-order valence-corrected chi connectivity index (χ0v) is 15.2. The second-order valence-corrected chi connectivity index (χ2v) is 8.07. The Labute approximate surface area is 147 Å². The molecule has 6 heteroatoms. The smallest absolute Gasteiger partial charge is 0.255 e. The molecule has 3 rings (SSSR count). The van der Waals surface area contributed by atoms with E-state index in [1.165, 1.54) is 30.0 Å². The normalized spacial score (nSPS) is 11.6. The highest BCUT2D eigenvalue weighted by Crippen LogP contribution is 2.23. The number of anilines is 1. The van der Waals surface area contributed by atoms with Gasteiger partial charge in [0.25, 0.3) is 5.91 Å². The van der Waals surface area contributed by atoms with Gasteiger partial charge in [0, 0.05) is 40.6 Å². The van der Waals surface area contributed by atoms with Crippen molar-refractivity contribution in [3.8, 4) is 0 Å². The van der Waals surface area contributed by atoms with Crippen molar-refractivity contribution in [1.29, 1.82) is 0 Å². The lowest BCUT2D eigenvalue weighted by Crippen LogP contribution is -2.12. The molecule has 0 bridgehead atoms. The molecule has 3 aromatic rings. The maximum Gasteiger partial charge on any atom is 0.255 e. The van der Waals surface area contributed by atoms with E-state index in [0.29, 0.717) is 11.3 Å². The number of carbonyl (C=O) groups is 1. The molecule has 0 radical (unpaired) electrons. The molecule has 0 aliphatic heterocycles. The Morgan fingerprint density at radius 2 is 1.76 bits per heavy atom. The molecule has 0 fully saturated rings. The third kappa shape index (κ3) is 3.44. The van der Waals surface area contributed by atoms with Crippen LogP contribution >= 0.6 is 0 Å². The molecule has 0 atom stereocenters. The van der Waals surface area contributed by atoms with Gasteiger partial charge in [0.1, 0.15) is 0 Å². The fraction of sp³-hybridized carbons (Fsp3) is 0.211. The lowest BCUT2D eigenvalue weighted by atomic mass is 10.2. The molecule has 1 aromatic heterocycles. The summed E-state index contributed by atoms with van der Waals surface area (Å²) in [4.78, 5) is 12.6. The minimum absolute atomic E-state index is 0.196. The average Bonchev–Trinajstić information content (AvgIpc) is 2.88. The van der Waals surface area contributed by atoms with Crippen molar-refractivity contribution >= 4 is 32.3 Å². The molecule has 0 spiro atoms. The monoisotopic (exact) mass is 356 g/mol. The molecule has 0 aliphatic rings. The third-order valence-corrected chi connectivity index (χ3v) is 5.36. The number of aryl methyl sites for hydroxylation is 2. The summed E-state index contributed by atoms with van der Waals surface area (Å²) in [5.74, 6) is -0.272. The predicted molar refractivity (Wildman–Crippen MR) is 99.9 cm³/mol. The highest BCUT2D eigenvalue weighted by molar-refractivity contribution is 7.90. The SMILES string of the molecule is CCn1c(C)cc2cc(NC(=O)c3ccc(S(C)(=O)=O)cc3)ccc21. The van der Waals surface area contributed by atoms with Gasteiger partial charge in [-0.25, -0.2) is 8.42 Å². The molecule has 1 N–H and O–H groups in total. The maximum atomic E-state index is 12.4. The van der Waals surface area contributed by atoms with Crippen molar-refractivity contribution in [2.24, 2.45) is 0 Å². The van der Waals surface area contributed by atoms with Gasteiger partial charge in [-0.1, -0.05) is 0 Å². The number of hydrogen-bond acceptors (Lipinski definition) is 3. The van der Waals surface area contributed by atoms with Gasteiger partial charge in [-0.2, -0.15) is 0 Å². The van der Waals surface area contributed by atoms with Crippen LogP contribution in [0.5, 0.6) is 0 Å². The fourth-order valence-corrected chi connectivity index (χ4v) is 3.59. The molecule has 25 heavy (non-hydrogen) atoms. The van der Waals surface area contributed by atoms with Crippen LogP contribution in [0.25, 0.3) is 10.9 Å². The van der Waals surface area contributed by atoms with Crippen LogP contribution in [0.4, 0.5) is 5.69 Å². The number of benzene rings is 2. The Balaban J connectivity index is 1.84. The van der Waals surface area contributed by atoms with Gasteiger partial charge in [0.15, 0.2) is 9.84 Å². The number of fused-ring (bicyclic) bond motifs is 1. The highest BCUT2D eigenvalue weighted by atomic mass is 32.2. The van der Waals surface area contributed by atoms with E-state index in [-0.39, 0.29) is 10.8 Å². The van der Waals surface area contributed by atoms with Gasteiger partial charge in [0.05, 0.1) is 4.90 Å². The lowest BCUT2D eigenvalue weighted by Gasteiger charge is -2.07. The van der Waals surface area contributed by atoms with Gasteiger partial charge in [-0.15, -0.1) is 0 Å². The number of nitrogens with one attached hydrogen (secondary N) is 1. The molecule has 0 unspecified atom stereocenters. The van der Waals surface area contributed by atoms with Gasteiger partial charge >= 0.3 is 0 Å². The second-order valence-electron chi connectivity index (χ2n) is 6.05. The fourth-order valence-electron chi connectivity index (χ4n) is 2.96. The first-order valence-corrected chi connectivity index (χ1v) is 9.90. The van der Waals surface area contributed by atoms with Gasteiger partial charge in [-0.05, 0) is 62.4 Å². The van der Waals surface area contributed by atoms with E-state index in [4.69, 9.17) is 0 Å². The largest absolute Gasteiger partial charge is 0.345 e. The number of rotatable bonds is 4. The van der Waals surface area contributed by atoms with E-state index in [0.717, 1.165) is 23.7 Å². The van der Waals surface area contributed by atoms with Crippen molar-refractivity contribution in [2.75, 3.05) is 11.6 Å². The Bertz CT molecular complexity index is 1050. The van der Waals surface area contributed by atoms with Gasteiger partial charge < -0.3 is 9.88 Å². The Morgan fingerprint density at radius 3 is 2.36 bits per heavy atom. The standard InChI is InChI=1S/C19H20N2O3S/c1-4-21-13(2)11-15-12-16(7-10-18(15)21)20-19(22)14-5-8-17(9-6-14)25(3,23)24/h5-12H,4H2,1-3H3,(H,20,22). The molecule has 5 nitrogen and oxygen atoms in total. The topological polar surface area (TPSA) is 68.2 Å². The summed E-state index contributed by atoms with van der Waals surface area (Å²) < 4.78 is 25.2. The number of carbonyl (C=O) groups excluding carboxylic acids is 1. The predicted octanol–water partition coefficient (Wildman–Crippen LogP) is 3.63. The van der Waals surface area contributed by atoms with E-state index in [9.17, 15) is 13.2 Å². The summed E-state index contributed by atoms with van der Waals surface area (Å²) in [5, 5.41) is 3.93. The van der Waals surface area contributed by atoms with Crippen molar-refractivity contribution in [3.05, 3.63) is 59.8 Å². The molecule has 130 valence electrons. The summed E-state index contributed by atoms with van der Waals surface area (Å²) in [6.07, 6.45) is 1.14. The molecule has 2 aromatic carbocycles. The number of hydrogen-bond donors (Lipinski definition) is 1. The number of amides is 1. The zero-order chi connectivity index (χ0) is 18.2. The van der Waals surface area contributed by atoms with Crippen LogP contribution < -0.4 is 5.32 Å². The lowest BCUT2D eigenvalue weighted by molar-refractivity contribution is 0.102. The average molecular weight is 356 g/mol. The van der Waals surface area contributed by atoms with E-state index < -0.39 is 9.84 Å². The van der Waals surface area contributed by atoms with Crippen LogP contribution in [-0.2, 0) is 16.4 Å². The molecule has 1 heterocycles. The van der Waals surface area contributed by atoms with Crippen molar-refractivity contribution in [2.45, 2.75) is 25.3 Å². The maximum absolute atomic E-state index is 12.4. The Kier molecular flexibility index (Phi) is 4.39. The number of nitrogens with zero attached hydrogens (tertiary/aromatic N) is 1. The Morgan fingerprint density at radius 1 is 1.08 bits per heavy atom. The highest BCUT2D eigenvalue weighted by Gasteiger charge is 2.11. The van der Waals surface area contributed by atoms with Gasteiger partial charge in [0.2, 0.25) is 0 Å². The summed E-state index contributed by atoms with van der Waals surface area (Å²) in [6.45, 7) is 5.06. The van der Waals surface area contributed by atoms with Gasteiger partial charge in [-0.3, -0.25) is 4.79 Å². The quantitative estimate of drug-likeness (QED) is 0.776. The number of sulfone groups is 1. The first kappa shape index (κ1) is 17.2. The van der Waals surface area contributed by atoms with Crippen LogP contribution in [0, 0.1) is 6.92 Å². The minimum atomic E-state index is -3.27. The summed E-state index contributed by atoms with van der Waals surface area (Å²) in [6, 6.07) is 13.8. The zero-order valence-electron chi connectivity index (χ0n) is 14.4. The summed E-state index contributed by atoms with van der Waals surface area (Å²) in [5.41, 5.74) is 3.43. The molecular formula is C19H20N2O3S. The molecular weight excluding hydrogens is 336 g/mol. The first-order chi connectivity index (χ1) is 11.8. The third-order valence-electron chi connectivity index (χ3n) is 4.23. The number of aromatic nitrogens is 1. The van der Waals surface area contributed by atoms with Crippen LogP contribution in [0.1, 0.15) is 23.0 Å². The molecule has 0 saturated heterocycles. The first-order valence-electron chi connectivity index (χ1n) is 8.01. The summed E-state index contributed by atoms with van der Waals surface area (Å²) >= 11 is 0. The van der Waals surface area contributed by atoms with E-state index in [2.05, 4.69) is 29.8 Å². The van der Waals surface area contributed by atoms with Crippen molar-refractivity contribution in [1.82, 2.24) is 4.57 Å². The van der Waals surface area contributed by atoms with Crippen LogP contribution in [-0.4, -0.2) is 25.1 Å². The van der Waals surface area contributed by atoms with E-state index >= 15 is 0 Å². The van der Waals surface area contributed by atoms with E-state index in [1.807, 2.05) is 18.2 Å². The second kappa shape index (κ2) is 6.37. The summed E-state index contributed by atoms with van der Waals surface area (Å²) in [7, 11) is -3.27. The minimum Gasteiger partial charge on any atom is -0.345 e. The molecule has 0 aliphatic carbocycles. The molecule has 1 amide bonds. The van der Waals surface area contributed by atoms with Crippen molar-refractivity contribution in [3.63, 3.8) is 0 Å². The molecule has 0 saturated carbocycles. The van der Waals surface area contributed by atoms with E-state index in [1.54, 1.807) is 0 Å². The van der Waals surface area contributed by atoms with Crippen LogP contribution in [0.15, 0.2) is 53.4 Å². The van der Waals surface area contributed by atoms with Crippen molar-refractivity contribution < 1.29 is 13.2 Å². The van der Waals surface area contributed by atoms with Crippen LogP contribution in [0.3, 0.4) is 0 Å². The van der Waals surface area contributed by atoms with Crippen LogP contribution in [0.2, 0.25) is 0 Å². The Hall–Kier alpha value is -2.60.